The third-order valence-electron chi connectivity index (χ3n) is 6.73. The molecule has 4 rings (SSSR count). The summed E-state index contributed by atoms with van der Waals surface area (Å²) < 4.78 is 27.9. The summed E-state index contributed by atoms with van der Waals surface area (Å²) in [7, 11) is 1.59. The van der Waals surface area contributed by atoms with Crippen LogP contribution in [-0.2, 0) is 7.05 Å². The fraction of sp³-hybridized carbons (Fsp3) is 0.609. The second kappa shape index (κ2) is 8.05. The highest BCUT2D eigenvalue weighted by Crippen LogP contribution is 2.60. The molecule has 29 heavy (non-hydrogen) atoms. The maximum absolute atomic E-state index is 13.3. The first-order valence-electron chi connectivity index (χ1n) is 10.8. The number of hydrogen-bond acceptors (Lipinski definition) is 3. The van der Waals surface area contributed by atoms with Crippen LogP contribution in [0, 0.1) is 11.8 Å². The fourth-order valence-electron chi connectivity index (χ4n) is 5.55. The van der Waals surface area contributed by atoms with Crippen LogP contribution in [-0.4, -0.2) is 14.9 Å². The van der Waals surface area contributed by atoms with E-state index in [0.717, 1.165) is 11.6 Å². The number of aliphatic hydroxyl groups excluding tert-OH is 1. The fourth-order valence-corrected chi connectivity index (χ4v) is 5.55. The molecule has 4 unspecified atom stereocenters. The normalized spacial score (nSPS) is 23.8. The van der Waals surface area contributed by atoms with E-state index >= 15 is 0 Å². The summed E-state index contributed by atoms with van der Waals surface area (Å²) in [6.07, 6.45) is 3.69. The van der Waals surface area contributed by atoms with Crippen molar-refractivity contribution in [1.82, 2.24) is 9.78 Å². The largest absolute Gasteiger partial charge is 0.369 e. The number of benzene rings is 1. The van der Waals surface area contributed by atoms with Crippen molar-refractivity contribution in [2.24, 2.45) is 18.9 Å². The van der Waals surface area contributed by atoms with E-state index in [2.05, 4.69) is 30.3 Å². The Balaban J connectivity index is 1.55. The van der Waals surface area contributed by atoms with Crippen LogP contribution in [0.25, 0.3) is 0 Å². The Morgan fingerprint density at radius 3 is 2.72 bits per heavy atom. The standard InChI is InChI=1S/C23H31F2N3O/c1-13(2)6-4-7-14-15-10-11-17(14)20-16(15)8-5-9-19(20)26-23(29)18-12-28(3)27-21(18)22(24)25/h5,8-9,12-15,17,22-23,26,29H,4,6-7,10-11H2,1-3H3. The lowest BCUT2D eigenvalue weighted by molar-refractivity contribution is 0.136. The molecule has 1 aromatic carbocycles. The molecule has 2 aliphatic rings. The minimum Gasteiger partial charge on any atom is -0.369 e. The van der Waals surface area contributed by atoms with E-state index in [0.29, 0.717) is 17.8 Å². The topological polar surface area (TPSA) is 50.1 Å². The van der Waals surface area contributed by atoms with Gasteiger partial charge in [0.1, 0.15) is 5.69 Å². The highest BCUT2D eigenvalue weighted by molar-refractivity contribution is 5.62. The van der Waals surface area contributed by atoms with Crippen molar-refractivity contribution >= 4 is 5.69 Å². The lowest BCUT2D eigenvalue weighted by Crippen LogP contribution is -2.14. The molecule has 1 saturated carbocycles. The summed E-state index contributed by atoms with van der Waals surface area (Å²) in [4.78, 5) is 0. The summed E-state index contributed by atoms with van der Waals surface area (Å²) >= 11 is 0. The molecule has 0 amide bonds. The Hall–Kier alpha value is -1.95. The smallest absolute Gasteiger partial charge is 0.282 e. The number of hydrogen-bond donors (Lipinski definition) is 2. The first-order valence-corrected chi connectivity index (χ1v) is 10.8. The van der Waals surface area contributed by atoms with Crippen LogP contribution in [0.2, 0.25) is 0 Å². The van der Waals surface area contributed by atoms with E-state index in [-0.39, 0.29) is 11.3 Å². The number of aliphatic hydroxyl groups is 1. The van der Waals surface area contributed by atoms with E-state index in [4.69, 9.17) is 0 Å². The molecule has 4 atom stereocenters. The molecule has 1 fully saturated rings. The van der Waals surface area contributed by atoms with Gasteiger partial charge in [0.05, 0.1) is 0 Å². The van der Waals surface area contributed by atoms with Gasteiger partial charge in [-0.05, 0) is 60.1 Å². The summed E-state index contributed by atoms with van der Waals surface area (Å²) in [6.45, 7) is 4.54. The number of aromatic nitrogens is 2. The van der Waals surface area contributed by atoms with Crippen LogP contribution in [0.15, 0.2) is 24.4 Å². The van der Waals surface area contributed by atoms with Gasteiger partial charge >= 0.3 is 0 Å². The van der Waals surface area contributed by atoms with Crippen molar-refractivity contribution in [2.45, 2.75) is 70.4 Å². The van der Waals surface area contributed by atoms with Gasteiger partial charge in [0, 0.05) is 24.5 Å². The van der Waals surface area contributed by atoms with Gasteiger partial charge in [0.15, 0.2) is 6.23 Å². The molecule has 2 aromatic rings. The Labute approximate surface area is 171 Å². The number of fused-ring (bicyclic) bond motifs is 5. The van der Waals surface area contributed by atoms with Crippen molar-refractivity contribution in [3.63, 3.8) is 0 Å². The average molecular weight is 404 g/mol. The Kier molecular flexibility index (Phi) is 5.65. The molecule has 6 heteroatoms. The van der Waals surface area contributed by atoms with Gasteiger partial charge in [-0.25, -0.2) is 8.78 Å². The van der Waals surface area contributed by atoms with Gasteiger partial charge in [-0.2, -0.15) is 5.10 Å². The molecular weight excluding hydrogens is 372 g/mol. The second-order valence-corrected chi connectivity index (χ2v) is 9.08. The van der Waals surface area contributed by atoms with E-state index in [1.54, 1.807) is 7.05 Å². The summed E-state index contributed by atoms with van der Waals surface area (Å²) in [5.41, 5.74) is 3.32. The van der Waals surface area contributed by atoms with E-state index in [9.17, 15) is 13.9 Å². The van der Waals surface area contributed by atoms with Gasteiger partial charge in [-0.15, -0.1) is 0 Å². The van der Waals surface area contributed by atoms with Crippen molar-refractivity contribution in [3.05, 3.63) is 46.8 Å². The van der Waals surface area contributed by atoms with Gasteiger partial charge < -0.3 is 10.4 Å². The summed E-state index contributed by atoms with van der Waals surface area (Å²) in [5, 5.41) is 17.6. The van der Waals surface area contributed by atoms with E-state index in [1.807, 2.05) is 12.1 Å². The summed E-state index contributed by atoms with van der Waals surface area (Å²) in [5.74, 6) is 2.49. The SMILES string of the molecule is CC(C)CCCC1C2CCC1c1c(NC(O)c3cn(C)nc3C(F)F)cccc12. The Morgan fingerprint density at radius 2 is 2.00 bits per heavy atom. The van der Waals surface area contributed by atoms with Crippen LogP contribution in [0.4, 0.5) is 14.5 Å². The van der Waals surface area contributed by atoms with Gasteiger partial charge in [0.25, 0.3) is 6.43 Å². The van der Waals surface area contributed by atoms with Crippen LogP contribution in [0.1, 0.15) is 92.8 Å². The second-order valence-electron chi connectivity index (χ2n) is 9.08. The number of anilines is 1. The summed E-state index contributed by atoms with van der Waals surface area (Å²) in [6, 6.07) is 6.18. The first kappa shape index (κ1) is 20.3. The molecule has 2 N–H and O–H groups in total. The lowest BCUT2D eigenvalue weighted by atomic mass is 9.88. The van der Waals surface area contributed by atoms with E-state index < -0.39 is 12.7 Å². The molecule has 2 aliphatic carbocycles. The predicted molar refractivity (Wildman–Crippen MR) is 110 cm³/mol. The van der Waals surface area contributed by atoms with Crippen molar-refractivity contribution in [1.29, 1.82) is 0 Å². The third-order valence-corrected chi connectivity index (χ3v) is 6.73. The maximum atomic E-state index is 13.3. The molecule has 1 heterocycles. The highest BCUT2D eigenvalue weighted by Gasteiger charge is 2.46. The highest BCUT2D eigenvalue weighted by atomic mass is 19.3. The molecule has 1 aromatic heterocycles. The molecule has 158 valence electrons. The Morgan fingerprint density at radius 1 is 1.24 bits per heavy atom. The predicted octanol–water partition coefficient (Wildman–Crippen LogP) is 5.88. The Bertz CT molecular complexity index is 864. The zero-order chi connectivity index (χ0) is 20.7. The molecule has 4 nitrogen and oxygen atoms in total. The van der Waals surface area contributed by atoms with Gasteiger partial charge in [0.2, 0.25) is 0 Å². The molecule has 0 spiro atoms. The number of nitrogens with one attached hydrogen (secondary N) is 1. The molecular formula is C23H31F2N3O. The third kappa shape index (κ3) is 3.79. The minimum atomic E-state index is -2.72. The monoisotopic (exact) mass is 403 g/mol. The molecule has 0 aliphatic heterocycles. The molecule has 2 bridgehead atoms. The minimum absolute atomic E-state index is 0.136. The molecule has 0 radical (unpaired) electrons. The van der Waals surface area contributed by atoms with Gasteiger partial charge in [-0.1, -0.05) is 38.8 Å². The zero-order valence-electron chi connectivity index (χ0n) is 17.4. The lowest BCUT2D eigenvalue weighted by Gasteiger charge is -2.22. The maximum Gasteiger partial charge on any atom is 0.282 e. The molecule has 0 saturated heterocycles. The van der Waals surface area contributed by atoms with Gasteiger partial charge in [-0.3, -0.25) is 4.68 Å². The number of aryl methyl sites for hydroxylation is 1. The van der Waals surface area contributed by atoms with Crippen LogP contribution >= 0.6 is 0 Å². The first-order chi connectivity index (χ1) is 13.9. The van der Waals surface area contributed by atoms with Crippen LogP contribution in [0.3, 0.4) is 0 Å². The van der Waals surface area contributed by atoms with E-state index in [1.165, 1.54) is 54.1 Å². The zero-order valence-corrected chi connectivity index (χ0v) is 17.4. The number of rotatable bonds is 8. The average Bonchev–Trinajstić information content (AvgIpc) is 3.33. The number of nitrogens with zero attached hydrogens (tertiary/aromatic N) is 2. The van der Waals surface area contributed by atoms with Crippen LogP contribution < -0.4 is 5.32 Å². The number of halogens is 2. The van der Waals surface area contributed by atoms with Crippen LogP contribution in [0.5, 0.6) is 0 Å². The van der Waals surface area contributed by atoms with Crippen molar-refractivity contribution in [2.75, 3.05) is 5.32 Å². The van der Waals surface area contributed by atoms with Crippen molar-refractivity contribution < 1.29 is 13.9 Å². The number of alkyl halides is 2. The van der Waals surface area contributed by atoms with Crippen molar-refractivity contribution in [3.8, 4) is 0 Å². The quantitative estimate of drug-likeness (QED) is 0.541.